The molecule has 0 unspecified atom stereocenters. The van der Waals surface area contributed by atoms with E-state index in [1.165, 1.54) is 0 Å². The van der Waals surface area contributed by atoms with Crippen LogP contribution < -0.4 is 5.32 Å². The number of hydrogen-bond acceptors (Lipinski definition) is 4. The summed E-state index contributed by atoms with van der Waals surface area (Å²) in [6, 6.07) is 18.8. The van der Waals surface area contributed by atoms with Gasteiger partial charge in [0.05, 0.1) is 11.3 Å². The van der Waals surface area contributed by atoms with Gasteiger partial charge in [0.1, 0.15) is 6.33 Å². The third-order valence-corrected chi connectivity index (χ3v) is 4.64. The molecule has 1 N–H and O–H groups in total. The zero-order valence-corrected chi connectivity index (χ0v) is 15.1. The van der Waals surface area contributed by atoms with Crippen LogP contribution in [-0.2, 0) is 0 Å². The van der Waals surface area contributed by atoms with Gasteiger partial charge in [-0.15, -0.1) is 10.2 Å². The molecule has 6 nitrogen and oxygen atoms in total. The highest BCUT2D eigenvalue weighted by Gasteiger charge is 2.10. The van der Waals surface area contributed by atoms with Crippen LogP contribution in [0.2, 0.25) is 0 Å². The average molecular weight is 441 g/mol. The molecule has 0 atom stereocenters. The molecule has 0 aliphatic carbocycles. The van der Waals surface area contributed by atoms with E-state index in [0.29, 0.717) is 16.9 Å². The van der Waals surface area contributed by atoms with Crippen molar-refractivity contribution in [2.75, 3.05) is 5.32 Å². The summed E-state index contributed by atoms with van der Waals surface area (Å²) in [4.78, 5) is 12.5. The van der Waals surface area contributed by atoms with Gasteiger partial charge in [0.25, 0.3) is 5.91 Å². The second-order valence-corrected chi connectivity index (χ2v) is 6.53. The topological polar surface area (TPSA) is 72.2 Å². The summed E-state index contributed by atoms with van der Waals surface area (Å²) in [5.41, 5.74) is 3.73. The molecule has 1 amide bonds. The Bertz CT molecular complexity index is 1080. The van der Waals surface area contributed by atoms with E-state index >= 15 is 0 Å². The second-order valence-electron chi connectivity index (χ2n) is 5.37. The molecule has 4 aromatic rings. The van der Waals surface area contributed by atoms with Crippen molar-refractivity contribution in [2.24, 2.45) is 0 Å². The zero-order valence-electron chi connectivity index (χ0n) is 12.9. The summed E-state index contributed by atoms with van der Waals surface area (Å²) in [5.74, 6) is -0.135. The number of carbonyl (C=O) groups is 1. The summed E-state index contributed by atoms with van der Waals surface area (Å²) in [6.45, 7) is 0. The molecule has 2 aromatic heterocycles. The molecule has 0 spiro atoms. The van der Waals surface area contributed by atoms with Gasteiger partial charge in [0.15, 0.2) is 5.65 Å². The quantitative estimate of drug-likeness (QED) is 0.493. The molecule has 0 bridgehead atoms. The number of halogens is 1. The molecule has 2 heterocycles. The van der Waals surface area contributed by atoms with Gasteiger partial charge in [-0.2, -0.15) is 9.61 Å². The SMILES string of the molecule is O=C(Nc1cccc(-c2ccc3nncn3n2)c1)c1ccccc1I. The van der Waals surface area contributed by atoms with Crippen LogP contribution in [0.25, 0.3) is 16.9 Å². The largest absolute Gasteiger partial charge is 0.322 e. The van der Waals surface area contributed by atoms with Crippen LogP contribution in [0.4, 0.5) is 5.69 Å². The monoisotopic (exact) mass is 441 g/mol. The molecule has 4 rings (SSSR count). The van der Waals surface area contributed by atoms with E-state index in [0.717, 1.165) is 14.8 Å². The van der Waals surface area contributed by atoms with Crippen molar-refractivity contribution < 1.29 is 4.79 Å². The lowest BCUT2D eigenvalue weighted by molar-refractivity contribution is 0.102. The molecule has 0 fully saturated rings. The fraction of sp³-hybridized carbons (Fsp3) is 0. The Labute approximate surface area is 157 Å². The Morgan fingerprint density at radius 2 is 1.92 bits per heavy atom. The standard InChI is InChI=1S/C18H12IN5O/c19-15-7-2-1-6-14(15)18(25)21-13-5-3-4-12(10-13)16-8-9-17-22-20-11-24(17)23-16/h1-11H,(H,21,25). The van der Waals surface area contributed by atoms with Crippen LogP contribution in [0.5, 0.6) is 0 Å². The molecule has 25 heavy (non-hydrogen) atoms. The number of fused-ring (bicyclic) bond motifs is 1. The van der Waals surface area contributed by atoms with Crippen LogP contribution in [-0.4, -0.2) is 25.7 Å². The van der Waals surface area contributed by atoms with Crippen LogP contribution in [0.3, 0.4) is 0 Å². The van der Waals surface area contributed by atoms with Crippen molar-refractivity contribution >= 4 is 39.8 Å². The Morgan fingerprint density at radius 3 is 2.80 bits per heavy atom. The maximum absolute atomic E-state index is 12.5. The summed E-state index contributed by atoms with van der Waals surface area (Å²) < 4.78 is 2.53. The Balaban J connectivity index is 1.63. The highest BCUT2D eigenvalue weighted by molar-refractivity contribution is 14.1. The number of hydrogen-bond donors (Lipinski definition) is 1. The number of anilines is 1. The molecule has 0 saturated heterocycles. The molecule has 0 radical (unpaired) electrons. The van der Waals surface area contributed by atoms with Crippen molar-refractivity contribution in [1.82, 2.24) is 19.8 Å². The fourth-order valence-electron chi connectivity index (χ4n) is 2.48. The minimum absolute atomic E-state index is 0.135. The molecular weight excluding hydrogens is 429 g/mol. The van der Waals surface area contributed by atoms with Gasteiger partial charge in [-0.05, 0) is 59.0 Å². The highest BCUT2D eigenvalue weighted by Crippen LogP contribution is 2.22. The van der Waals surface area contributed by atoms with E-state index < -0.39 is 0 Å². The van der Waals surface area contributed by atoms with E-state index in [2.05, 4.69) is 43.2 Å². The highest BCUT2D eigenvalue weighted by atomic mass is 127. The summed E-state index contributed by atoms with van der Waals surface area (Å²) in [5, 5.41) is 15.2. The normalized spacial score (nSPS) is 10.8. The molecular formula is C18H12IN5O. The van der Waals surface area contributed by atoms with Gasteiger partial charge >= 0.3 is 0 Å². The van der Waals surface area contributed by atoms with Crippen molar-refractivity contribution in [3.8, 4) is 11.3 Å². The molecule has 7 heteroatoms. The fourth-order valence-corrected chi connectivity index (χ4v) is 3.11. The lowest BCUT2D eigenvalue weighted by Crippen LogP contribution is -2.13. The molecule has 122 valence electrons. The first-order valence-electron chi connectivity index (χ1n) is 7.54. The first kappa shape index (κ1) is 15.7. The first-order chi connectivity index (χ1) is 12.2. The Morgan fingerprint density at radius 1 is 1.04 bits per heavy atom. The van der Waals surface area contributed by atoms with Gasteiger partial charge in [-0.25, -0.2) is 0 Å². The van der Waals surface area contributed by atoms with E-state index in [-0.39, 0.29) is 5.91 Å². The van der Waals surface area contributed by atoms with Crippen LogP contribution in [0, 0.1) is 3.57 Å². The number of amides is 1. The van der Waals surface area contributed by atoms with Gasteiger partial charge in [0, 0.05) is 14.8 Å². The minimum Gasteiger partial charge on any atom is -0.322 e. The third kappa shape index (κ3) is 3.22. The second kappa shape index (κ2) is 6.60. The van der Waals surface area contributed by atoms with Gasteiger partial charge in [-0.1, -0.05) is 24.3 Å². The minimum atomic E-state index is -0.135. The smallest absolute Gasteiger partial charge is 0.256 e. The van der Waals surface area contributed by atoms with E-state index in [1.54, 1.807) is 10.8 Å². The lowest BCUT2D eigenvalue weighted by Gasteiger charge is -2.08. The van der Waals surface area contributed by atoms with Crippen molar-refractivity contribution in [1.29, 1.82) is 0 Å². The van der Waals surface area contributed by atoms with Crippen molar-refractivity contribution in [2.45, 2.75) is 0 Å². The number of nitrogens with one attached hydrogen (secondary N) is 1. The molecule has 0 aliphatic rings. The van der Waals surface area contributed by atoms with Crippen LogP contribution in [0.15, 0.2) is 67.0 Å². The summed E-state index contributed by atoms with van der Waals surface area (Å²) in [6.07, 6.45) is 1.56. The van der Waals surface area contributed by atoms with Gasteiger partial charge in [-0.3, -0.25) is 4.79 Å². The Hall–Kier alpha value is -2.81. The van der Waals surface area contributed by atoms with E-state index in [1.807, 2.05) is 60.7 Å². The van der Waals surface area contributed by atoms with Crippen LogP contribution >= 0.6 is 22.6 Å². The zero-order chi connectivity index (χ0) is 17.2. The molecule has 0 aliphatic heterocycles. The van der Waals surface area contributed by atoms with Crippen LogP contribution in [0.1, 0.15) is 10.4 Å². The maximum Gasteiger partial charge on any atom is 0.256 e. The van der Waals surface area contributed by atoms with Crippen molar-refractivity contribution in [3.63, 3.8) is 0 Å². The lowest BCUT2D eigenvalue weighted by atomic mass is 10.1. The summed E-state index contributed by atoms with van der Waals surface area (Å²) >= 11 is 2.16. The van der Waals surface area contributed by atoms with E-state index in [9.17, 15) is 4.79 Å². The number of rotatable bonds is 3. The number of benzene rings is 2. The van der Waals surface area contributed by atoms with Crippen molar-refractivity contribution in [3.05, 3.63) is 76.1 Å². The predicted molar refractivity (Wildman–Crippen MR) is 103 cm³/mol. The maximum atomic E-state index is 12.5. The van der Waals surface area contributed by atoms with E-state index in [4.69, 9.17) is 0 Å². The van der Waals surface area contributed by atoms with Gasteiger partial charge in [0.2, 0.25) is 0 Å². The third-order valence-electron chi connectivity index (χ3n) is 3.70. The number of aromatic nitrogens is 4. The summed E-state index contributed by atoms with van der Waals surface area (Å²) in [7, 11) is 0. The first-order valence-corrected chi connectivity index (χ1v) is 8.62. The molecule has 2 aromatic carbocycles. The number of carbonyl (C=O) groups excluding carboxylic acids is 1. The van der Waals surface area contributed by atoms with Gasteiger partial charge < -0.3 is 5.32 Å². The predicted octanol–water partition coefficient (Wildman–Crippen LogP) is 3.65. The Kier molecular flexibility index (Phi) is 4.14. The average Bonchev–Trinajstić information content (AvgIpc) is 3.10. The molecule has 0 saturated carbocycles. The number of nitrogens with zero attached hydrogens (tertiary/aromatic N) is 4.